The zero-order valence-electron chi connectivity index (χ0n) is 27.8. The molecule has 0 atom stereocenters. The summed E-state index contributed by atoms with van der Waals surface area (Å²) in [4.78, 5) is 10.2. The first kappa shape index (κ1) is 27.7. The molecule has 0 fully saturated rings. The highest BCUT2D eigenvalue weighted by Crippen LogP contribution is 2.50. The van der Waals surface area contributed by atoms with Crippen LogP contribution in [-0.4, -0.2) is 24.1 Å². The predicted molar refractivity (Wildman–Crippen MR) is 213 cm³/mol. The number of benzene rings is 8. The molecule has 0 radical (unpaired) electrons. The standard InChI is InChI=1S/C47H27N5/c1-2-12-29(13-3-1)45-37-19-8-9-22-39(37)52-47(48-45)49-46(50-52)36-25-27-38(33-18-7-6-17-32(33)36)51-40-23-11-21-35-31-16-5-4-15-30(31)34-20-10-14-28-24-26-41(51)44(42(28)34)43(35)40/h1-27H. The molecule has 0 amide bonds. The minimum Gasteiger partial charge on any atom is -0.309 e. The van der Waals surface area contributed by atoms with Gasteiger partial charge in [-0.05, 0) is 68.7 Å². The van der Waals surface area contributed by atoms with Crippen LogP contribution in [0.25, 0.3) is 111 Å². The summed E-state index contributed by atoms with van der Waals surface area (Å²) in [6, 6.07) is 58.6. The Labute approximate surface area is 297 Å². The van der Waals surface area contributed by atoms with Crippen LogP contribution < -0.4 is 0 Å². The maximum Gasteiger partial charge on any atom is 0.253 e. The summed E-state index contributed by atoms with van der Waals surface area (Å²) in [5, 5.41) is 13.5. The normalized spacial score (nSPS) is 12.2. The maximum atomic E-state index is 5.11. The summed E-state index contributed by atoms with van der Waals surface area (Å²) in [5.41, 5.74) is 12.5. The van der Waals surface area contributed by atoms with Crippen LogP contribution in [0.3, 0.4) is 0 Å². The lowest BCUT2D eigenvalue weighted by atomic mass is 9.93. The fraction of sp³-hybridized carbons (Fsp3) is 0. The summed E-state index contributed by atoms with van der Waals surface area (Å²) in [6.07, 6.45) is 0. The van der Waals surface area contributed by atoms with Crippen LogP contribution in [0.5, 0.6) is 0 Å². The number of hydrogen-bond acceptors (Lipinski definition) is 3. The number of aromatic nitrogens is 5. The average Bonchev–Trinajstić information content (AvgIpc) is 3.76. The van der Waals surface area contributed by atoms with E-state index in [0.29, 0.717) is 11.6 Å². The van der Waals surface area contributed by atoms with Gasteiger partial charge in [0.25, 0.3) is 5.78 Å². The lowest BCUT2D eigenvalue weighted by Crippen LogP contribution is -1.98. The van der Waals surface area contributed by atoms with Gasteiger partial charge >= 0.3 is 0 Å². The van der Waals surface area contributed by atoms with E-state index in [1.165, 1.54) is 54.8 Å². The molecule has 0 unspecified atom stereocenters. The molecule has 0 bridgehead atoms. The fourth-order valence-corrected chi connectivity index (χ4v) is 8.75. The highest BCUT2D eigenvalue weighted by molar-refractivity contribution is 6.30. The second-order valence-corrected chi connectivity index (χ2v) is 13.6. The Hall–Kier alpha value is -7.11. The lowest BCUT2D eigenvalue weighted by Gasteiger charge is -2.15. The van der Waals surface area contributed by atoms with Crippen molar-refractivity contribution in [2.24, 2.45) is 0 Å². The molecule has 12 rings (SSSR count). The monoisotopic (exact) mass is 661 g/mol. The van der Waals surface area contributed by atoms with E-state index < -0.39 is 0 Å². The Morgan fingerprint density at radius 2 is 1.04 bits per heavy atom. The van der Waals surface area contributed by atoms with Crippen molar-refractivity contribution in [1.29, 1.82) is 0 Å². The highest BCUT2D eigenvalue weighted by atomic mass is 15.3. The van der Waals surface area contributed by atoms with Gasteiger partial charge < -0.3 is 4.57 Å². The Morgan fingerprint density at radius 3 is 1.88 bits per heavy atom. The van der Waals surface area contributed by atoms with Crippen LogP contribution in [-0.2, 0) is 0 Å². The summed E-state index contributed by atoms with van der Waals surface area (Å²) < 4.78 is 4.34. The third kappa shape index (κ3) is 3.64. The van der Waals surface area contributed by atoms with Crippen molar-refractivity contribution in [3.05, 3.63) is 164 Å². The van der Waals surface area contributed by atoms with Crippen LogP contribution in [0.15, 0.2) is 164 Å². The van der Waals surface area contributed by atoms with Gasteiger partial charge in [0, 0.05) is 32.7 Å². The quantitative estimate of drug-likeness (QED) is 0.189. The maximum absolute atomic E-state index is 5.11. The van der Waals surface area contributed by atoms with Gasteiger partial charge in [-0.25, -0.2) is 4.98 Å². The van der Waals surface area contributed by atoms with Crippen LogP contribution in [0, 0.1) is 0 Å². The van der Waals surface area contributed by atoms with Gasteiger partial charge in [-0.3, -0.25) is 0 Å². The highest BCUT2D eigenvalue weighted by Gasteiger charge is 2.25. The average molecular weight is 662 g/mol. The predicted octanol–water partition coefficient (Wildman–Crippen LogP) is 11.7. The number of hydrogen-bond donors (Lipinski definition) is 0. The molecule has 0 saturated carbocycles. The van der Waals surface area contributed by atoms with Crippen LogP contribution in [0.4, 0.5) is 0 Å². The van der Waals surface area contributed by atoms with E-state index in [9.17, 15) is 0 Å². The second-order valence-electron chi connectivity index (χ2n) is 13.6. The molecule has 3 aromatic heterocycles. The minimum atomic E-state index is 0.577. The molecule has 240 valence electrons. The number of fused-ring (bicyclic) bond motifs is 7. The Balaban J connectivity index is 1.13. The molecule has 0 N–H and O–H groups in total. The molecule has 0 spiro atoms. The van der Waals surface area contributed by atoms with Crippen molar-refractivity contribution in [2.75, 3.05) is 0 Å². The molecule has 0 aliphatic heterocycles. The van der Waals surface area contributed by atoms with E-state index in [4.69, 9.17) is 15.1 Å². The summed E-state index contributed by atoms with van der Waals surface area (Å²) in [7, 11) is 0. The molecule has 11 aromatic rings. The first-order valence-electron chi connectivity index (χ1n) is 17.6. The zero-order valence-corrected chi connectivity index (χ0v) is 27.8. The first-order valence-corrected chi connectivity index (χ1v) is 17.6. The molecule has 52 heavy (non-hydrogen) atoms. The van der Waals surface area contributed by atoms with Gasteiger partial charge in [0.05, 0.1) is 27.9 Å². The summed E-state index contributed by atoms with van der Waals surface area (Å²) in [6.45, 7) is 0. The third-order valence-corrected chi connectivity index (χ3v) is 10.9. The largest absolute Gasteiger partial charge is 0.309 e. The molecule has 5 heteroatoms. The van der Waals surface area contributed by atoms with E-state index in [2.05, 4.69) is 144 Å². The van der Waals surface area contributed by atoms with Gasteiger partial charge in [-0.1, -0.05) is 133 Å². The summed E-state index contributed by atoms with van der Waals surface area (Å²) in [5.74, 6) is 1.23. The molecule has 0 saturated heterocycles. The van der Waals surface area contributed by atoms with Crippen molar-refractivity contribution in [3.63, 3.8) is 0 Å². The Bertz CT molecular complexity index is 3300. The van der Waals surface area contributed by atoms with E-state index in [1.807, 2.05) is 28.8 Å². The lowest BCUT2D eigenvalue weighted by molar-refractivity contribution is 0.989. The molecular formula is C47H27N5. The smallest absolute Gasteiger partial charge is 0.253 e. The van der Waals surface area contributed by atoms with Crippen molar-refractivity contribution in [3.8, 4) is 50.6 Å². The fourth-order valence-electron chi connectivity index (χ4n) is 8.75. The Kier molecular flexibility index (Phi) is 5.44. The van der Waals surface area contributed by atoms with E-state index in [0.717, 1.165) is 44.2 Å². The van der Waals surface area contributed by atoms with Crippen molar-refractivity contribution in [1.82, 2.24) is 24.1 Å². The van der Waals surface area contributed by atoms with E-state index >= 15 is 0 Å². The van der Waals surface area contributed by atoms with Crippen LogP contribution in [0.1, 0.15) is 0 Å². The van der Waals surface area contributed by atoms with Crippen molar-refractivity contribution >= 4 is 60.0 Å². The second kappa shape index (κ2) is 10.2. The van der Waals surface area contributed by atoms with Crippen LogP contribution in [0.2, 0.25) is 0 Å². The van der Waals surface area contributed by atoms with Gasteiger partial charge in [-0.15, -0.1) is 5.10 Å². The number of nitrogens with zero attached hydrogens (tertiary/aromatic N) is 5. The zero-order chi connectivity index (χ0) is 33.9. The number of rotatable bonds is 3. The van der Waals surface area contributed by atoms with E-state index in [1.54, 1.807) is 0 Å². The molecule has 5 nitrogen and oxygen atoms in total. The third-order valence-electron chi connectivity index (χ3n) is 10.9. The molecule has 1 aliphatic carbocycles. The van der Waals surface area contributed by atoms with Gasteiger partial charge in [0.1, 0.15) is 0 Å². The van der Waals surface area contributed by atoms with Gasteiger partial charge in [-0.2, -0.15) is 9.50 Å². The minimum absolute atomic E-state index is 0.577. The van der Waals surface area contributed by atoms with Crippen molar-refractivity contribution < 1.29 is 0 Å². The van der Waals surface area contributed by atoms with Gasteiger partial charge in [0.15, 0.2) is 5.82 Å². The molecule has 1 aliphatic rings. The first-order chi connectivity index (χ1) is 25.8. The number of para-hydroxylation sites is 1. The molecular weight excluding hydrogens is 635 g/mol. The topological polar surface area (TPSA) is 48.0 Å². The van der Waals surface area contributed by atoms with Gasteiger partial charge in [0.2, 0.25) is 0 Å². The molecule has 8 aromatic carbocycles. The molecule has 3 heterocycles. The van der Waals surface area contributed by atoms with E-state index in [-0.39, 0.29) is 0 Å². The SMILES string of the molecule is c1ccc(-c2nc3nc(-c4ccc(-n5c6cccc7c6c6c8c(cccc8ccc65)-c5ccccc5-7)c5ccccc45)nn3c3ccccc23)cc1. The van der Waals surface area contributed by atoms with Crippen molar-refractivity contribution in [2.45, 2.75) is 0 Å². The Morgan fingerprint density at radius 1 is 0.385 bits per heavy atom. The summed E-state index contributed by atoms with van der Waals surface area (Å²) >= 11 is 0. The van der Waals surface area contributed by atoms with Crippen LogP contribution >= 0.6 is 0 Å².